The molecule has 4 heteroatoms. The van der Waals surface area contributed by atoms with Crippen LogP contribution in [0.15, 0.2) is 29.4 Å². The van der Waals surface area contributed by atoms with E-state index in [4.69, 9.17) is 4.74 Å². The SMILES string of the molecule is C=C(Br)COc1ccc(CNC(C)(C)C)nc1. The van der Waals surface area contributed by atoms with Crippen LogP contribution < -0.4 is 10.1 Å². The van der Waals surface area contributed by atoms with Crippen molar-refractivity contribution in [3.63, 3.8) is 0 Å². The standard InChI is InChI=1S/C13H19BrN2O/c1-10(14)9-17-12-6-5-11(15-8-12)7-16-13(2,3)4/h5-6,8,16H,1,7,9H2,2-4H3. The van der Waals surface area contributed by atoms with Crippen molar-refractivity contribution >= 4 is 15.9 Å². The van der Waals surface area contributed by atoms with E-state index >= 15 is 0 Å². The van der Waals surface area contributed by atoms with Crippen molar-refractivity contribution in [3.05, 3.63) is 35.1 Å². The van der Waals surface area contributed by atoms with Gasteiger partial charge in [0.15, 0.2) is 0 Å². The van der Waals surface area contributed by atoms with E-state index < -0.39 is 0 Å². The van der Waals surface area contributed by atoms with Gasteiger partial charge in [0, 0.05) is 16.6 Å². The van der Waals surface area contributed by atoms with Crippen molar-refractivity contribution in [1.82, 2.24) is 10.3 Å². The quantitative estimate of drug-likeness (QED) is 0.906. The number of nitrogens with zero attached hydrogens (tertiary/aromatic N) is 1. The molecule has 1 heterocycles. The minimum atomic E-state index is 0.102. The van der Waals surface area contributed by atoms with E-state index in [0.717, 1.165) is 22.5 Å². The summed E-state index contributed by atoms with van der Waals surface area (Å²) in [6, 6.07) is 3.88. The van der Waals surface area contributed by atoms with Gasteiger partial charge in [0.2, 0.25) is 0 Å². The summed E-state index contributed by atoms with van der Waals surface area (Å²) >= 11 is 3.24. The lowest BCUT2D eigenvalue weighted by Crippen LogP contribution is -2.35. The van der Waals surface area contributed by atoms with Crippen molar-refractivity contribution in [3.8, 4) is 5.75 Å². The van der Waals surface area contributed by atoms with Crippen LogP contribution in [0.2, 0.25) is 0 Å². The summed E-state index contributed by atoms with van der Waals surface area (Å²) in [5.41, 5.74) is 1.11. The monoisotopic (exact) mass is 298 g/mol. The van der Waals surface area contributed by atoms with Gasteiger partial charge in [0.05, 0.1) is 11.9 Å². The Hall–Kier alpha value is -0.870. The number of nitrogens with one attached hydrogen (secondary N) is 1. The molecule has 0 atom stereocenters. The van der Waals surface area contributed by atoms with E-state index in [1.807, 2.05) is 12.1 Å². The highest BCUT2D eigenvalue weighted by molar-refractivity contribution is 9.11. The largest absolute Gasteiger partial charge is 0.487 e. The van der Waals surface area contributed by atoms with Gasteiger partial charge in [0.25, 0.3) is 0 Å². The molecule has 1 rings (SSSR count). The summed E-state index contributed by atoms with van der Waals surface area (Å²) < 4.78 is 6.25. The van der Waals surface area contributed by atoms with Crippen LogP contribution in [0.25, 0.3) is 0 Å². The van der Waals surface area contributed by atoms with E-state index in [1.54, 1.807) is 6.20 Å². The van der Waals surface area contributed by atoms with Crippen LogP contribution in [-0.4, -0.2) is 17.1 Å². The Kier molecular flexibility index (Phi) is 5.15. The Morgan fingerprint density at radius 2 is 2.18 bits per heavy atom. The first-order valence-corrected chi connectivity index (χ1v) is 6.32. The summed E-state index contributed by atoms with van der Waals surface area (Å²) in [5, 5.41) is 3.38. The van der Waals surface area contributed by atoms with E-state index in [2.05, 4.69) is 53.6 Å². The maximum atomic E-state index is 5.44. The van der Waals surface area contributed by atoms with Gasteiger partial charge in [-0.15, -0.1) is 0 Å². The van der Waals surface area contributed by atoms with Crippen molar-refractivity contribution < 1.29 is 4.74 Å². The molecule has 0 spiro atoms. The summed E-state index contributed by atoms with van der Waals surface area (Å²) in [5.74, 6) is 0.755. The third-order valence-corrected chi connectivity index (χ3v) is 2.22. The van der Waals surface area contributed by atoms with Gasteiger partial charge in [-0.1, -0.05) is 22.5 Å². The number of halogens is 1. The Balaban J connectivity index is 2.47. The van der Waals surface area contributed by atoms with Gasteiger partial charge >= 0.3 is 0 Å². The van der Waals surface area contributed by atoms with Gasteiger partial charge in [-0.05, 0) is 32.9 Å². The first-order chi connectivity index (χ1) is 7.87. The zero-order valence-electron chi connectivity index (χ0n) is 10.6. The highest BCUT2D eigenvalue weighted by atomic mass is 79.9. The fourth-order valence-electron chi connectivity index (χ4n) is 1.12. The van der Waals surface area contributed by atoms with Crippen molar-refractivity contribution in [2.75, 3.05) is 6.61 Å². The van der Waals surface area contributed by atoms with Gasteiger partial charge in [-0.2, -0.15) is 0 Å². The summed E-state index contributed by atoms with van der Waals surface area (Å²) in [7, 11) is 0. The van der Waals surface area contributed by atoms with Crippen LogP contribution in [0.5, 0.6) is 5.75 Å². The average Bonchev–Trinajstić information content (AvgIpc) is 2.24. The lowest BCUT2D eigenvalue weighted by molar-refractivity contribution is 0.358. The van der Waals surface area contributed by atoms with Crippen LogP contribution >= 0.6 is 15.9 Å². The number of hydrogen-bond acceptors (Lipinski definition) is 3. The molecule has 0 aliphatic heterocycles. The molecule has 1 N–H and O–H groups in total. The molecule has 94 valence electrons. The molecule has 0 aromatic carbocycles. The Bertz CT molecular complexity index is 368. The number of ether oxygens (including phenoxy) is 1. The molecular formula is C13H19BrN2O. The molecule has 0 aliphatic carbocycles. The maximum Gasteiger partial charge on any atom is 0.138 e. The van der Waals surface area contributed by atoms with E-state index in [9.17, 15) is 0 Å². The summed E-state index contributed by atoms with van der Waals surface area (Å²) in [4.78, 5) is 4.33. The van der Waals surface area contributed by atoms with E-state index in [-0.39, 0.29) is 5.54 Å². The summed E-state index contributed by atoms with van der Waals surface area (Å²) in [6.07, 6.45) is 1.73. The van der Waals surface area contributed by atoms with Gasteiger partial charge < -0.3 is 10.1 Å². The second kappa shape index (κ2) is 6.17. The molecule has 0 radical (unpaired) electrons. The molecule has 0 fully saturated rings. The number of pyridine rings is 1. The fourth-order valence-corrected chi connectivity index (χ4v) is 1.23. The molecule has 0 aliphatic rings. The van der Waals surface area contributed by atoms with Crippen LogP contribution in [-0.2, 0) is 6.54 Å². The zero-order chi connectivity index (χ0) is 12.9. The summed E-state index contributed by atoms with van der Waals surface area (Å²) in [6.45, 7) is 11.3. The van der Waals surface area contributed by atoms with Crippen LogP contribution in [0, 0.1) is 0 Å². The molecule has 3 nitrogen and oxygen atoms in total. The third-order valence-electron chi connectivity index (χ3n) is 1.99. The molecular weight excluding hydrogens is 280 g/mol. The topological polar surface area (TPSA) is 34.1 Å². The number of rotatable bonds is 5. The zero-order valence-corrected chi connectivity index (χ0v) is 12.2. The van der Waals surface area contributed by atoms with Gasteiger partial charge in [-0.25, -0.2) is 0 Å². The lowest BCUT2D eigenvalue weighted by Gasteiger charge is -2.20. The Labute approximate surface area is 111 Å². The fraction of sp³-hybridized carbons (Fsp3) is 0.462. The molecule has 0 amide bonds. The van der Waals surface area contributed by atoms with Crippen molar-refractivity contribution in [2.45, 2.75) is 32.9 Å². The molecule has 0 saturated carbocycles. The van der Waals surface area contributed by atoms with Crippen LogP contribution in [0.4, 0.5) is 0 Å². The smallest absolute Gasteiger partial charge is 0.138 e. The Morgan fingerprint density at radius 1 is 1.47 bits per heavy atom. The lowest BCUT2D eigenvalue weighted by atomic mass is 10.1. The van der Waals surface area contributed by atoms with E-state index in [1.165, 1.54) is 0 Å². The minimum Gasteiger partial charge on any atom is -0.487 e. The predicted molar refractivity (Wildman–Crippen MR) is 74.4 cm³/mol. The van der Waals surface area contributed by atoms with Gasteiger partial charge in [0.1, 0.15) is 12.4 Å². The molecule has 0 bridgehead atoms. The first kappa shape index (κ1) is 14.2. The van der Waals surface area contributed by atoms with Crippen molar-refractivity contribution in [2.24, 2.45) is 0 Å². The highest BCUT2D eigenvalue weighted by Crippen LogP contribution is 2.12. The van der Waals surface area contributed by atoms with Crippen molar-refractivity contribution in [1.29, 1.82) is 0 Å². The molecule has 0 saturated heterocycles. The molecule has 1 aromatic heterocycles. The van der Waals surface area contributed by atoms with Crippen LogP contribution in [0.3, 0.4) is 0 Å². The first-order valence-electron chi connectivity index (χ1n) is 5.53. The van der Waals surface area contributed by atoms with E-state index in [0.29, 0.717) is 6.61 Å². The van der Waals surface area contributed by atoms with Crippen LogP contribution in [0.1, 0.15) is 26.5 Å². The molecule has 1 aromatic rings. The number of hydrogen-bond donors (Lipinski definition) is 1. The predicted octanol–water partition coefficient (Wildman–Crippen LogP) is 3.26. The second-order valence-electron chi connectivity index (χ2n) is 4.89. The van der Waals surface area contributed by atoms with Gasteiger partial charge in [-0.3, -0.25) is 4.98 Å². The highest BCUT2D eigenvalue weighted by Gasteiger charge is 2.08. The average molecular weight is 299 g/mol. The minimum absolute atomic E-state index is 0.102. The third kappa shape index (κ3) is 6.44. The second-order valence-corrected chi connectivity index (χ2v) is 6.02. The normalized spacial score (nSPS) is 11.3. The molecule has 17 heavy (non-hydrogen) atoms. The molecule has 0 unspecified atom stereocenters. The Morgan fingerprint density at radius 3 is 2.65 bits per heavy atom. The number of aromatic nitrogens is 1. The maximum absolute atomic E-state index is 5.44.